The van der Waals surface area contributed by atoms with E-state index in [1.54, 1.807) is 0 Å². The van der Waals surface area contributed by atoms with E-state index in [1.807, 2.05) is 55.6 Å². The zero-order valence-electron chi connectivity index (χ0n) is 10.9. The molecule has 1 aliphatic rings. The highest BCUT2D eigenvalue weighted by molar-refractivity contribution is 9.10. The molecule has 1 amide bonds. The van der Waals surface area contributed by atoms with Gasteiger partial charge < -0.3 is 10.6 Å². The molecule has 2 aromatic carbocycles. The summed E-state index contributed by atoms with van der Waals surface area (Å²) in [6.45, 7) is 0. The normalized spacial score (nSPS) is 15.1. The van der Waals surface area contributed by atoms with Crippen LogP contribution in [0.3, 0.4) is 0 Å². The second kappa shape index (κ2) is 5.13. The van der Waals surface area contributed by atoms with Crippen molar-refractivity contribution in [2.75, 3.05) is 17.7 Å². The highest BCUT2D eigenvalue weighted by Crippen LogP contribution is 2.35. The molecule has 1 aliphatic heterocycles. The summed E-state index contributed by atoms with van der Waals surface area (Å²) in [5.41, 5.74) is 4.53. The SMILES string of the molecule is CNc1ccc(/C=C2/C(=O)Nc3ccc(Br)cc32)cc1. The molecule has 2 N–H and O–H groups in total. The third-order valence-electron chi connectivity index (χ3n) is 3.27. The molecule has 0 saturated carbocycles. The number of carbonyl (C=O) groups excluding carboxylic acids is 1. The highest BCUT2D eigenvalue weighted by atomic mass is 79.9. The molecule has 2 aromatic rings. The molecule has 100 valence electrons. The largest absolute Gasteiger partial charge is 0.388 e. The summed E-state index contributed by atoms with van der Waals surface area (Å²) in [4.78, 5) is 12.1. The van der Waals surface area contributed by atoms with Gasteiger partial charge in [-0.25, -0.2) is 0 Å². The molecule has 0 fully saturated rings. The molecule has 0 unspecified atom stereocenters. The van der Waals surface area contributed by atoms with E-state index in [0.717, 1.165) is 27.0 Å². The molecule has 0 aliphatic carbocycles. The Kier molecular flexibility index (Phi) is 3.32. The Bertz CT molecular complexity index is 705. The number of carbonyl (C=O) groups is 1. The lowest BCUT2D eigenvalue weighted by atomic mass is 10.0. The zero-order chi connectivity index (χ0) is 14.1. The van der Waals surface area contributed by atoms with Crippen molar-refractivity contribution in [2.45, 2.75) is 0 Å². The molecule has 0 aromatic heterocycles. The van der Waals surface area contributed by atoms with Crippen molar-refractivity contribution in [3.8, 4) is 0 Å². The molecule has 1 heterocycles. The van der Waals surface area contributed by atoms with E-state index in [9.17, 15) is 4.79 Å². The van der Waals surface area contributed by atoms with E-state index in [2.05, 4.69) is 26.6 Å². The second-order valence-electron chi connectivity index (χ2n) is 4.57. The monoisotopic (exact) mass is 328 g/mol. The van der Waals surface area contributed by atoms with Crippen LogP contribution in [-0.2, 0) is 4.79 Å². The van der Waals surface area contributed by atoms with Crippen LogP contribution in [0.5, 0.6) is 0 Å². The summed E-state index contributed by atoms with van der Waals surface area (Å²) in [5.74, 6) is -0.0595. The fourth-order valence-corrected chi connectivity index (χ4v) is 2.58. The van der Waals surface area contributed by atoms with E-state index < -0.39 is 0 Å². The molecule has 3 rings (SSSR count). The number of benzene rings is 2. The number of amides is 1. The lowest BCUT2D eigenvalue weighted by molar-refractivity contribution is -0.110. The molecule has 0 bridgehead atoms. The summed E-state index contributed by atoms with van der Waals surface area (Å²) < 4.78 is 0.962. The van der Waals surface area contributed by atoms with Gasteiger partial charge in [-0.1, -0.05) is 28.1 Å². The maximum absolute atomic E-state index is 12.1. The van der Waals surface area contributed by atoms with Crippen molar-refractivity contribution in [1.29, 1.82) is 0 Å². The van der Waals surface area contributed by atoms with Gasteiger partial charge in [-0.3, -0.25) is 4.79 Å². The maximum atomic E-state index is 12.1. The Hall–Kier alpha value is -2.07. The molecule has 0 spiro atoms. The van der Waals surface area contributed by atoms with Crippen LogP contribution in [0.4, 0.5) is 11.4 Å². The first-order valence-corrected chi connectivity index (χ1v) is 7.07. The van der Waals surface area contributed by atoms with Crippen LogP contribution in [0, 0.1) is 0 Å². The van der Waals surface area contributed by atoms with Gasteiger partial charge in [0, 0.05) is 34.0 Å². The van der Waals surface area contributed by atoms with Crippen LogP contribution in [0.15, 0.2) is 46.9 Å². The Labute approximate surface area is 125 Å². The average molecular weight is 329 g/mol. The number of nitrogens with one attached hydrogen (secondary N) is 2. The van der Waals surface area contributed by atoms with Crippen molar-refractivity contribution in [1.82, 2.24) is 0 Å². The second-order valence-corrected chi connectivity index (χ2v) is 5.49. The quantitative estimate of drug-likeness (QED) is 0.818. The highest BCUT2D eigenvalue weighted by Gasteiger charge is 2.23. The van der Waals surface area contributed by atoms with Crippen molar-refractivity contribution in [3.05, 3.63) is 58.1 Å². The van der Waals surface area contributed by atoms with E-state index >= 15 is 0 Å². The van der Waals surface area contributed by atoms with Gasteiger partial charge >= 0.3 is 0 Å². The number of hydrogen-bond acceptors (Lipinski definition) is 2. The minimum Gasteiger partial charge on any atom is -0.388 e. The van der Waals surface area contributed by atoms with Crippen molar-refractivity contribution >= 4 is 44.9 Å². The van der Waals surface area contributed by atoms with E-state index in [4.69, 9.17) is 0 Å². The number of fused-ring (bicyclic) bond motifs is 1. The lowest BCUT2D eigenvalue weighted by Gasteiger charge is -2.02. The first kappa shape index (κ1) is 12.9. The molecule has 0 atom stereocenters. The molecule has 0 radical (unpaired) electrons. The molecule has 0 saturated heterocycles. The third kappa shape index (κ3) is 2.34. The molecule has 20 heavy (non-hydrogen) atoms. The van der Waals surface area contributed by atoms with Crippen molar-refractivity contribution in [2.24, 2.45) is 0 Å². The van der Waals surface area contributed by atoms with Gasteiger partial charge in [0.05, 0.1) is 0 Å². The Morgan fingerprint density at radius 3 is 2.60 bits per heavy atom. The Morgan fingerprint density at radius 1 is 1.15 bits per heavy atom. The third-order valence-corrected chi connectivity index (χ3v) is 3.77. The van der Waals surface area contributed by atoms with E-state index in [0.29, 0.717) is 5.57 Å². The topological polar surface area (TPSA) is 41.1 Å². The predicted molar refractivity (Wildman–Crippen MR) is 86.6 cm³/mol. The molecule has 3 nitrogen and oxygen atoms in total. The van der Waals surface area contributed by atoms with Crippen LogP contribution in [0.2, 0.25) is 0 Å². The van der Waals surface area contributed by atoms with Gasteiger partial charge in [0.2, 0.25) is 0 Å². The molecule has 4 heteroatoms. The van der Waals surface area contributed by atoms with Crippen molar-refractivity contribution in [3.63, 3.8) is 0 Å². The lowest BCUT2D eigenvalue weighted by Crippen LogP contribution is -2.03. The number of hydrogen-bond donors (Lipinski definition) is 2. The minimum absolute atomic E-state index is 0.0595. The number of halogens is 1. The Balaban J connectivity index is 2.03. The van der Waals surface area contributed by atoms with E-state index in [1.165, 1.54) is 0 Å². The van der Waals surface area contributed by atoms with Crippen LogP contribution in [-0.4, -0.2) is 13.0 Å². The zero-order valence-corrected chi connectivity index (χ0v) is 12.5. The fraction of sp³-hybridized carbons (Fsp3) is 0.0625. The Morgan fingerprint density at radius 2 is 1.90 bits per heavy atom. The summed E-state index contributed by atoms with van der Waals surface area (Å²) >= 11 is 3.44. The predicted octanol–water partition coefficient (Wildman–Crippen LogP) is 3.98. The summed E-state index contributed by atoms with van der Waals surface area (Å²) in [6.07, 6.45) is 1.91. The van der Waals surface area contributed by atoms with Gasteiger partial charge in [-0.2, -0.15) is 0 Å². The standard InChI is InChI=1S/C16H13BrN2O/c1-18-12-5-2-10(3-6-12)8-14-13-9-11(17)4-7-15(13)19-16(14)20/h2-9,18H,1H3,(H,19,20)/b14-8+. The first-order chi connectivity index (χ1) is 9.67. The smallest absolute Gasteiger partial charge is 0.256 e. The van der Waals surface area contributed by atoms with Gasteiger partial charge in [0.15, 0.2) is 0 Å². The number of anilines is 2. The molecular formula is C16H13BrN2O. The summed E-state index contributed by atoms with van der Waals surface area (Å²) in [5, 5.41) is 5.95. The fourth-order valence-electron chi connectivity index (χ4n) is 2.22. The van der Waals surface area contributed by atoms with Gasteiger partial charge in [0.25, 0.3) is 5.91 Å². The van der Waals surface area contributed by atoms with Gasteiger partial charge in [-0.15, -0.1) is 0 Å². The van der Waals surface area contributed by atoms with Gasteiger partial charge in [-0.05, 0) is 42.0 Å². The van der Waals surface area contributed by atoms with Crippen LogP contribution in [0.25, 0.3) is 11.6 Å². The maximum Gasteiger partial charge on any atom is 0.256 e. The van der Waals surface area contributed by atoms with Crippen LogP contribution in [0.1, 0.15) is 11.1 Å². The van der Waals surface area contributed by atoms with E-state index in [-0.39, 0.29) is 5.91 Å². The number of rotatable bonds is 2. The van der Waals surface area contributed by atoms with Gasteiger partial charge in [0.1, 0.15) is 0 Å². The summed E-state index contributed by atoms with van der Waals surface area (Å²) in [6, 6.07) is 13.7. The minimum atomic E-state index is -0.0595. The molecular weight excluding hydrogens is 316 g/mol. The van der Waals surface area contributed by atoms with Crippen LogP contribution >= 0.6 is 15.9 Å². The summed E-state index contributed by atoms with van der Waals surface area (Å²) in [7, 11) is 1.88. The first-order valence-electron chi connectivity index (χ1n) is 6.28. The van der Waals surface area contributed by atoms with Crippen molar-refractivity contribution < 1.29 is 4.79 Å². The average Bonchev–Trinajstić information content (AvgIpc) is 2.76. The van der Waals surface area contributed by atoms with Crippen LogP contribution < -0.4 is 10.6 Å².